The molecule has 150 heavy (non-hydrogen) atoms. The third-order valence-corrected chi connectivity index (χ3v) is 32.3. The lowest BCUT2D eigenvalue weighted by atomic mass is 9.68. The smallest absolute Gasteiger partial charge is 0.429 e. The molecular weight excluding hydrogens is 1960 g/mol. The molecule has 0 heterocycles. The fraction of sp³-hybridized carbons (Fsp3) is 0.429. The number of hydrogen-bond donors (Lipinski definition) is 0. The minimum absolute atomic E-state index is 0.0199. The number of unbranched alkanes of at least 4 members (excludes halogenated alkanes) is 2. The van der Waals surface area contributed by atoms with Crippen LogP contribution in [0.15, 0.2) is 212 Å². The molecule has 6 aliphatic rings. The molecule has 0 N–H and O–H groups in total. The molecule has 0 aliphatic heterocycles. The van der Waals surface area contributed by atoms with Crippen LogP contribution in [0, 0.1) is 158 Å². The maximum atomic E-state index is 14.9. The number of alkyl halides is 4. The van der Waals surface area contributed by atoms with Crippen molar-refractivity contribution in [1.82, 2.24) is 0 Å². The van der Waals surface area contributed by atoms with Gasteiger partial charge in [-0.25, -0.2) is 79.0 Å². The van der Waals surface area contributed by atoms with Crippen molar-refractivity contribution in [3.63, 3.8) is 0 Å². The Labute approximate surface area is 867 Å². The molecule has 18 rings (SSSR count). The molecule has 6 aliphatic carbocycles. The number of ether oxygens (including phenoxy) is 2. The van der Waals surface area contributed by atoms with Gasteiger partial charge in [-0.2, -0.15) is 17.6 Å². The molecule has 24 heteroatoms. The monoisotopic (exact) mass is 2090 g/mol. The second-order valence-corrected chi connectivity index (χ2v) is 42.0. The summed E-state index contributed by atoms with van der Waals surface area (Å²) in [5.41, 5.74) is 5.74. The van der Waals surface area contributed by atoms with Gasteiger partial charge in [-0.3, -0.25) is 0 Å². The lowest BCUT2D eigenvalue weighted by molar-refractivity contribution is -0.190. The first kappa shape index (κ1) is 114. The minimum atomic E-state index is -4.74. The molecule has 6 saturated carbocycles. The zero-order valence-corrected chi connectivity index (χ0v) is 85.5. The number of aryl methyl sites for hydroxylation is 2. The predicted octanol–water partition coefficient (Wildman–Crippen LogP) is 40.5. The fourth-order valence-corrected chi connectivity index (χ4v) is 23.6. The third-order valence-electron chi connectivity index (χ3n) is 32.3. The summed E-state index contributed by atoms with van der Waals surface area (Å²) >= 11 is 0. The van der Waals surface area contributed by atoms with E-state index >= 15 is 0 Å². The van der Waals surface area contributed by atoms with Crippen LogP contribution in [-0.4, -0.2) is 0 Å². The first-order valence-corrected chi connectivity index (χ1v) is 53.6. The van der Waals surface area contributed by atoms with Crippen molar-refractivity contribution in [1.29, 1.82) is 0 Å². The molecule has 0 radical (unpaired) electrons. The molecular formula is C126H132F22O2. The number of hydrogen-bond acceptors (Lipinski definition) is 2. The van der Waals surface area contributed by atoms with E-state index in [0.717, 1.165) is 132 Å². The average Bonchev–Trinajstić information content (AvgIpc) is 0.771. The van der Waals surface area contributed by atoms with Crippen LogP contribution < -0.4 is 9.47 Å². The van der Waals surface area contributed by atoms with Gasteiger partial charge in [-0.1, -0.05) is 246 Å². The summed E-state index contributed by atoms with van der Waals surface area (Å²) in [6, 6.07) is 48.5. The summed E-state index contributed by atoms with van der Waals surface area (Å²) < 4.78 is 312. The van der Waals surface area contributed by atoms with E-state index < -0.39 is 134 Å². The van der Waals surface area contributed by atoms with Crippen LogP contribution in [0.1, 0.15) is 303 Å². The summed E-state index contributed by atoms with van der Waals surface area (Å²) in [6.45, 7) is 11.0. The van der Waals surface area contributed by atoms with Crippen LogP contribution in [0.5, 0.6) is 11.5 Å². The highest BCUT2D eigenvalue weighted by Crippen LogP contribution is 2.51. The van der Waals surface area contributed by atoms with Gasteiger partial charge in [0.1, 0.15) is 57.5 Å². The molecule has 0 bridgehead atoms. The van der Waals surface area contributed by atoms with Crippen LogP contribution in [0.25, 0.3) is 55.6 Å². The Morgan fingerprint density at radius 1 is 0.227 bits per heavy atom. The van der Waals surface area contributed by atoms with Crippen molar-refractivity contribution in [3.05, 3.63) is 356 Å². The Morgan fingerprint density at radius 2 is 0.493 bits per heavy atom. The standard InChI is InChI=1S/C29H20F8O.C28H35F3.C26H31F3.C22H15F7O.C21H31F/c1-2-3-4-16-5-7-17(8-6-16)18-9-10-21(22(30)11-18)19-12-23(31)27(24(32)13-19)29(36,37)38-20-14-25(33)28(35)26(34)15-20;1-2-3-4-19-5-7-20(8-6-19)21-9-11-22(12-10-21)23-13-15-24(16-14-23)25-17-26(29)28(31)27(30)18-25;1-2-17-3-5-18(6-4-17)19-7-9-20(10-8-19)21-11-13-22(14-12-21)23-15-24(27)26(29)25(28)16-23;1-2-3-12-4-6-13(7-5-12)14-8-16(23)20(17(24)9-14)22(28,29)30-15-10-18(25)21(27)19(26)11-15;1-2-3-16-4-6-17(7-5-16)18-8-10-19(11-9-18)20-12-14-21(22)15-13-20/h5-15H,2-4H2,1H3;13-22H,2-12H2,1H3;11-20H,2-10H2,1H3;4-11H,2-3H2,1H3;12-19H,2-11H2,1H3. The zero-order valence-electron chi connectivity index (χ0n) is 85.5. The molecule has 0 saturated heterocycles. The van der Waals surface area contributed by atoms with Crippen molar-refractivity contribution in [2.45, 2.75) is 289 Å². The lowest BCUT2D eigenvalue weighted by Gasteiger charge is -2.38. The zero-order chi connectivity index (χ0) is 107. The lowest BCUT2D eigenvalue weighted by Crippen LogP contribution is -2.25. The molecule has 0 aromatic heterocycles. The van der Waals surface area contributed by atoms with Gasteiger partial charge >= 0.3 is 12.2 Å². The van der Waals surface area contributed by atoms with Crippen molar-refractivity contribution in [2.24, 2.45) is 53.3 Å². The normalized spacial score (nSPS) is 21.0. The van der Waals surface area contributed by atoms with Gasteiger partial charge in [0, 0.05) is 29.8 Å². The van der Waals surface area contributed by atoms with E-state index in [1.165, 1.54) is 221 Å². The van der Waals surface area contributed by atoms with Gasteiger partial charge in [0.25, 0.3) is 0 Å². The predicted molar refractivity (Wildman–Crippen MR) is 548 cm³/mol. The highest BCUT2D eigenvalue weighted by atomic mass is 19.3. The molecule has 2 nitrogen and oxygen atoms in total. The quantitative estimate of drug-likeness (QED) is 0.0359. The van der Waals surface area contributed by atoms with E-state index in [1.54, 1.807) is 36.4 Å². The van der Waals surface area contributed by atoms with Crippen LogP contribution in [-0.2, 0) is 25.1 Å². The second kappa shape index (κ2) is 53.3. The van der Waals surface area contributed by atoms with Crippen molar-refractivity contribution >= 4 is 0 Å². The van der Waals surface area contributed by atoms with Crippen molar-refractivity contribution in [2.75, 3.05) is 0 Å². The molecule has 0 atom stereocenters. The topological polar surface area (TPSA) is 18.5 Å². The van der Waals surface area contributed by atoms with Gasteiger partial charge in [0.05, 0.1) is 0 Å². The molecule has 6 fully saturated rings. The molecule has 0 unspecified atom stereocenters. The minimum Gasteiger partial charge on any atom is -0.429 e. The van der Waals surface area contributed by atoms with E-state index in [1.807, 2.05) is 67.6 Å². The first-order valence-electron chi connectivity index (χ1n) is 53.6. The highest BCUT2D eigenvalue weighted by Gasteiger charge is 2.45. The Hall–Kier alpha value is -11.3. The van der Waals surface area contributed by atoms with E-state index in [9.17, 15) is 96.6 Å². The van der Waals surface area contributed by atoms with Crippen LogP contribution in [0.2, 0.25) is 0 Å². The van der Waals surface area contributed by atoms with Crippen molar-refractivity contribution in [3.8, 4) is 67.1 Å². The molecule has 12 aromatic rings. The maximum Gasteiger partial charge on any atom is 0.432 e. The number of halogens is 22. The molecule has 802 valence electrons. The maximum absolute atomic E-state index is 14.9. The first-order chi connectivity index (χ1) is 72.0. The van der Waals surface area contributed by atoms with Crippen LogP contribution in [0.3, 0.4) is 0 Å². The van der Waals surface area contributed by atoms with Gasteiger partial charge in [0.15, 0.2) is 69.8 Å². The summed E-state index contributed by atoms with van der Waals surface area (Å²) in [4.78, 5) is 0. The van der Waals surface area contributed by atoms with Crippen LogP contribution in [0.4, 0.5) is 96.6 Å². The van der Waals surface area contributed by atoms with Gasteiger partial charge < -0.3 is 9.47 Å². The molecule has 12 aromatic carbocycles. The largest absolute Gasteiger partial charge is 0.432 e. The van der Waals surface area contributed by atoms with E-state index in [4.69, 9.17) is 0 Å². The Bertz CT molecular complexity index is 6220. The van der Waals surface area contributed by atoms with Crippen LogP contribution >= 0.6 is 0 Å². The second-order valence-electron chi connectivity index (χ2n) is 42.0. The summed E-state index contributed by atoms with van der Waals surface area (Å²) in [7, 11) is 0. The van der Waals surface area contributed by atoms with E-state index in [0.29, 0.717) is 75.4 Å². The Balaban J connectivity index is 0.000000149. The summed E-state index contributed by atoms with van der Waals surface area (Å²) in [5, 5.41) is 0. The number of rotatable bonds is 28. The van der Waals surface area contributed by atoms with Gasteiger partial charge in [-0.05, 0) is 350 Å². The van der Waals surface area contributed by atoms with Gasteiger partial charge in [-0.15, -0.1) is 0 Å². The van der Waals surface area contributed by atoms with E-state index in [2.05, 4.69) is 61.4 Å². The van der Waals surface area contributed by atoms with Crippen molar-refractivity contribution < 1.29 is 106 Å². The van der Waals surface area contributed by atoms with E-state index in [-0.39, 0.29) is 46.8 Å². The average molecular weight is 2100 g/mol. The summed E-state index contributed by atoms with van der Waals surface area (Å²) in [6.07, 6.45) is 36.7. The third kappa shape index (κ3) is 30.0. The highest BCUT2D eigenvalue weighted by molar-refractivity contribution is 5.72. The summed E-state index contributed by atoms with van der Waals surface area (Å²) in [5.74, 6) is -18.1. The Morgan fingerprint density at radius 3 is 0.807 bits per heavy atom. The Kier molecular flexibility index (Phi) is 40.6. The number of benzene rings is 12. The fourth-order valence-electron chi connectivity index (χ4n) is 23.6. The molecule has 0 spiro atoms. The molecule has 0 amide bonds. The van der Waals surface area contributed by atoms with Gasteiger partial charge in [0.2, 0.25) is 0 Å². The SMILES string of the molecule is CCC1CCC(C2CCC(c3ccc(-c4cc(F)c(F)c(F)c4)cc3)CC2)CC1.CCCC1CCC(C2CCC(c3ccc(F)cc3)CC2)CC1.CCCCC1CCC(C2CCC(c3ccc(-c4cc(F)c(F)c(F)c4)cc3)CC2)CC1.CCCCc1ccc(-c2ccc(-c3cc(F)c(C(F)(F)Oc4cc(F)c(F)c(F)c4)c(F)c3)c(F)c2)cc1.CCCc1ccc(-c2cc(F)c(C(F)(F)Oc3cc(F)c(F)c(F)c3)c(F)c2)cc1.